The topological polar surface area (TPSA) is 92.3 Å². The molecule has 0 unspecified atom stereocenters. The summed E-state index contributed by atoms with van der Waals surface area (Å²) in [6.45, 7) is 9.96. The molecule has 1 aliphatic rings. The first kappa shape index (κ1) is 24.3. The van der Waals surface area contributed by atoms with Crippen molar-refractivity contribution < 1.29 is 23.4 Å². The van der Waals surface area contributed by atoms with Crippen LogP contribution in [0.15, 0.2) is 74.7 Å². The van der Waals surface area contributed by atoms with Crippen LogP contribution in [0.1, 0.15) is 38.1 Å². The van der Waals surface area contributed by atoms with Crippen LogP contribution in [0.4, 0.5) is 0 Å². The average molecular weight is 495 g/mol. The standard InChI is InChI=1S/C26H26N2O6S/c1-5-12-34-19-11-10-17(14-20(19)31-6-2)23-22(25(30)32-7-3)16(4)27-26-28(23)24(29)21(35-26)15-18-9-8-13-33-18/h5,8-11,13-15,23H,1,6-7,12H2,2-4H3/t23-/m0/s1. The van der Waals surface area contributed by atoms with Gasteiger partial charge >= 0.3 is 5.97 Å². The molecular formula is C26H26N2O6S. The highest BCUT2D eigenvalue weighted by Gasteiger charge is 2.34. The van der Waals surface area contributed by atoms with Crippen LogP contribution in [-0.4, -0.2) is 30.4 Å². The molecule has 0 aliphatic carbocycles. The van der Waals surface area contributed by atoms with Crippen LogP contribution in [0.3, 0.4) is 0 Å². The maximum absolute atomic E-state index is 13.6. The van der Waals surface area contributed by atoms with Gasteiger partial charge in [-0.1, -0.05) is 30.1 Å². The molecule has 4 rings (SSSR count). The number of allylic oxidation sites excluding steroid dienone is 1. The summed E-state index contributed by atoms with van der Waals surface area (Å²) in [5.41, 5.74) is 1.17. The maximum Gasteiger partial charge on any atom is 0.338 e. The van der Waals surface area contributed by atoms with E-state index in [0.29, 0.717) is 56.6 Å². The lowest BCUT2D eigenvalue weighted by Crippen LogP contribution is -2.40. The molecular weight excluding hydrogens is 468 g/mol. The number of benzene rings is 1. The summed E-state index contributed by atoms with van der Waals surface area (Å²) in [7, 11) is 0. The highest BCUT2D eigenvalue weighted by Crippen LogP contribution is 2.36. The van der Waals surface area contributed by atoms with Crippen molar-refractivity contribution in [2.24, 2.45) is 4.99 Å². The Morgan fingerprint density at radius 2 is 2.06 bits per heavy atom. The van der Waals surface area contributed by atoms with E-state index in [1.54, 1.807) is 56.5 Å². The number of hydrogen-bond acceptors (Lipinski definition) is 8. The minimum absolute atomic E-state index is 0.198. The van der Waals surface area contributed by atoms with Crippen molar-refractivity contribution in [1.29, 1.82) is 0 Å². The van der Waals surface area contributed by atoms with E-state index in [2.05, 4.69) is 11.6 Å². The molecule has 8 nitrogen and oxygen atoms in total. The third-order valence-corrected chi connectivity index (χ3v) is 6.26. The Hall–Kier alpha value is -3.85. The van der Waals surface area contributed by atoms with Crippen LogP contribution in [0.2, 0.25) is 0 Å². The summed E-state index contributed by atoms with van der Waals surface area (Å²) in [6.07, 6.45) is 4.85. The van der Waals surface area contributed by atoms with Gasteiger partial charge in [0.2, 0.25) is 0 Å². The van der Waals surface area contributed by atoms with Gasteiger partial charge < -0.3 is 18.6 Å². The third-order valence-electron chi connectivity index (χ3n) is 5.27. The monoisotopic (exact) mass is 494 g/mol. The highest BCUT2D eigenvalue weighted by atomic mass is 32.1. The zero-order valence-electron chi connectivity index (χ0n) is 19.8. The molecule has 0 fully saturated rings. The molecule has 1 aliphatic heterocycles. The molecule has 1 atom stereocenters. The number of rotatable bonds is 9. The molecule has 0 saturated carbocycles. The Morgan fingerprint density at radius 1 is 1.23 bits per heavy atom. The number of carbonyl (C=O) groups excluding carboxylic acids is 1. The second-order valence-electron chi connectivity index (χ2n) is 7.56. The predicted octanol–water partition coefficient (Wildman–Crippen LogP) is 3.35. The molecule has 0 radical (unpaired) electrons. The fourth-order valence-electron chi connectivity index (χ4n) is 3.84. The van der Waals surface area contributed by atoms with Crippen molar-refractivity contribution in [2.45, 2.75) is 26.8 Å². The number of esters is 1. The molecule has 0 amide bonds. The van der Waals surface area contributed by atoms with Crippen molar-refractivity contribution in [2.75, 3.05) is 19.8 Å². The molecule has 35 heavy (non-hydrogen) atoms. The normalized spacial score (nSPS) is 15.4. The smallest absolute Gasteiger partial charge is 0.338 e. The van der Waals surface area contributed by atoms with Crippen LogP contribution >= 0.6 is 11.3 Å². The summed E-state index contributed by atoms with van der Waals surface area (Å²) in [4.78, 5) is 31.7. The number of thiazole rings is 1. The molecule has 0 N–H and O–H groups in total. The zero-order valence-corrected chi connectivity index (χ0v) is 20.6. The molecule has 2 aromatic heterocycles. The zero-order chi connectivity index (χ0) is 24.9. The van der Waals surface area contributed by atoms with E-state index in [1.165, 1.54) is 15.9 Å². The number of hydrogen-bond donors (Lipinski definition) is 0. The van der Waals surface area contributed by atoms with Crippen molar-refractivity contribution >= 4 is 23.4 Å². The molecule has 9 heteroatoms. The largest absolute Gasteiger partial charge is 0.490 e. The summed E-state index contributed by atoms with van der Waals surface area (Å²) in [5.74, 6) is 1.07. The maximum atomic E-state index is 13.6. The summed E-state index contributed by atoms with van der Waals surface area (Å²) >= 11 is 1.23. The Labute approximate surface area is 206 Å². The van der Waals surface area contributed by atoms with Gasteiger partial charge in [0, 0.05) is 6.08 Å². The summed E-state index contributed by atoms with van der Waals surface area (Å²) in [5, 5.41) is 0. The van der Waals surface area contributed by atoms with Crippen LogP contribution in [0.25, 0.3) is 6.08 Å². The van der Waals surface area contributed by atoms with Gasteiger partial charge in [0.15, 0.2) is 16.3 Å². The first-order valence-corrected chi connectivity index (χ1v) is 12.0. The molecule has 182 valence electrons. The van der Waals surface area contributed by atoms with Crippen molar-refractivity contribution in [3.63, 3.8) is 0 Å². The first-order valence-electron chi connectivity index (χ1n) is 11.2. The number of ether oxygens (including phenoxy) is 3. The number of furan rings is 1. The second kappa shape index (κ2) is 10.6. The van der Waals surface area contributed by atoms with Crippen molar-refractivity contribution in [1.82, 2.24) is 4.57 Å². The second-order valence-corrected chi connectivity index (χ2v) is 8.57. The van der Waals surface area contributed by atoms with Crippen LogP contribution < -0.4 is 24.4 Å². The fraction of sp³-hybridized carbons (Fsp3) is 0.269. The van der Waals surface area contributed by atoms with Crippen LogP contribution in [0.5, 0.6) is 11.5 Å². The Balaban J connectivity index is 1.93. The highest BCUT2D eigenvalue weighted by molar-refractivity contribution is 7.07. The average Bonchev–Trinajstić information content (AvgIpc) is 3.45. The van der Waals surface area contributed by atoms with E-state index in [-0.39, 0.29) is 12.2 Å². The van der Waals surface area contributed by atoms with Gasteiger partial charge in [-0.15, -0.1) is 0 Å². The van der Waals surface area contributed by atoms with E-state index in [1.807, 2.05) is 13.0 Å². The Bertz CT molecular complexity index is 1450. The van der Waals surface area contributed by atoms with Crippen LogP contribution in [0, 0.1) is 0 Å². The van der Waals surface area contributed by atoms with Crippen LogP contribution in [-0.2, 0) is 9.53 Å². The first-order chi connectivity index (χ1) is 17.0. The molecule has 0 spiro atoms. The number of fused-ring (bicyclic) bond motifs is 1. The molecule has 3 aromatic rings. The van der Waals surface area contributed by atoms with Gasteiger partial charge in [0.25, 0.3) is 5.56 Å². The van der Waals surface area contributed by atoms with Crippen molar-refractivity contribution in [3.05, 3.63) is 91.5 Å². The van der Waals surface area contributed by atoms with E-state index in [4.69, 9.17) is 18.6 Å². The van der Waals surface area contributed by atoms with Gasteiger partial charge in [-0.3, -0.25) is 9.36 Å². The fourth-order valence-corrected chi connectivity index (χ4v) is 4.87. The SMILES string of the molecule is C=CCOc1ccc([C@H]2C(C(=O)OCC)=C(C)N=c3sc(=Cc4ccco4)c(=O)n32)cc1OCC. The molecule has 1 aromatic carbocycles. The third kappa shape index (κ3) is 4.85. The van der Waals surface area contributed by atoms with Gasteiger partial charge in [-0.25, -0.2) is 9.79 Å². The predicted molar refractivity (Wildman–Crippen MR) is 132 cm³/mol. The lowest BCUT2D eigenvalue weighted by Gasteiger charge is -2.25. The van der Waals surface area contributed by atoms with Gasteiger partial charge in [-0.05, 0) is 50.6 Å². The summed E-state index contributed by atoms with van der Waals surface area (Å²) in [6, 6.07) is 8.13. The van der Waals surface area contributed by atoms with E-state index in [9.17, 15) is 9.59 Å². The lowest BCUT2D eigenvalue weighted by atomic mass is 9.95. The molecule has 0 saturated heterocycles. The summed E-state index contributed by atoms with van der Waals surface area (Å²) < 4.78 is 24.2. The number of carbonyl (C=O) groups is 1. The minimum atomic E-state index is -0.753. The van der Waals surface area contributed by atoms with Crippen molar-refractivity contribution in [3.8, 4) is 11.5 Å². The minimum Gasteiger partial charge on any atom is -0.490 e. The van der Waals surface area contributed by atoms with Gasteiger partial charge in [0.05, 0.1) is 41.3 Å². The Kier molecular flexibility index (Phi) is 7.36. The molecule has 0 bridgehead atoms. The van der Waals surface area contributed by atoms with E-state index < -0.39 is 12.0 Å². The quantitative estimate of drug-likeness (QED) is 0.335. The molecule has 3 heterocycles. The Morgan fingerprint density at radius 3 is 2.74 bits per heavy atom. The van der Waals surface area contributed by atoms with Gasteiger partial charge in [0.1, 0.15) is 12.4 Å². The number of nitrogens with zero attached hydrogens (tertiary/aromatic N) is 2. The lowest BCUT2D eigenvalue weighted by molar-refractivity contribution is -0.139. The van der Waals surface area contributed by atoms with E-state index >= 15 is 0 Å². The van der Waals surface area contributed by atoms with Gasteiger partial charge in [-0.2, -0.15) is 0 Å². The van der Waals surface area contributed by atoms with E-state index in [0.717, 1.165) is 0 Å². The number of aromatic nitrogens is 1.